The van der Waals surface area contributed by atoms with E-state index in [-0.39, 0.29) is 18.2 Å². The van der Waals surface area contributed by atoms with Gasteiger partial charge >= 0.3 is 13.1 Å². The van der Waals surface area contributed by atoms with Crippen LogP contribution in [0.3, 0.4) is 0 Å². The molecule has 0 bridgehead atoms. The number of hydrogen-bond donors (Lipinski definition) is 0. The molecule has 1 aromatic carbocycles. The van der Waals surface area contributed by atoms with Gasteiger partial charge in [0.15, 0.2) is 0 Å². The monoisotopic (exact) mass is 308 g/mol. The topological polar surface area (TPSA) is 44.8 Å². The van der Waals surface area contributed by atoms with Crippen molar-refractivity contribution in [3.63, 3.8) is 0 Å². The van der Waals surface area contributed by atoms with E-state index >= 15 is 0 Å². The molecule has 1 aliphatic heterocycles. The summed E-state index contributed by atoms with van der Waals surface area (Å²) in [6.07, 6.45) is 0.740. The number of benzene rings is 1. The molecular formula is C16H22BFO4. The lowest BCUT2D eigenvalue weighted by atomic mass is 9.77. The molecule has 1 saturated heterocycles. The van der Waals surface area contributed by atoms with Crippen molar-refractivity contribution in [2.75, 3.05) is 7.11 Å². The highest BCUT2D eigenvalue weighted by molar-refractivity contribution is 6.62. The smallest absolute Gasteiger partial charge is 0.469 e. The quantitative estimate of drug-likeness (QED) is 0.632. The van der Waals surface area contributed by atoms with Gasteiger partial charge < -0.3 is 14.0 Å². The number of carbonyl (C=O) groups is 1. The van der Waals surface area contributed by atoms with Crippen LogP contribution in [0, 0.1) is 5.82 Å². The van der Waals surface area contributed by atoms with Crippen LogP contribution >= 0.6 is 0 Å². The summed E-state index contributed by atoms with van der Waals surface area (Å²) >= 11 is 0. The molecular weight excluding hydrogens is 286 g/mol. The minimum atomic E-state index is -0.747. The Labute approximate surface area is 131 Å². The Morgan fingerprint density at radius 3 is 2.36 bits per heavy atom. The van der Waals surface area contributed by atoms with Gasteiger partial charge in [0.25, 0.3) is 0 Å². The minimum absolute atomic E-state index is 0.255. The molecule has 4 nitrogen and oxygen atoms in total. The average Bonchev–Trinajstić information content (AvgIpc) is 2.66. The van der Waals surface area contributed by atoms with Crippen LogP contribution in [-0.2, 0) is 25.3 Å². The highest BCUT2D eigenvalue weighted by atomic mass is 19.1. The summed E-state index contributed by atoms with van der Waals surface area (Å²) in [5.41, 5.74) is 0.163. The summed E-state index contributed by atoms with van der Waals surface area (Å²) in [5, 5.41) is 0. The first-order valence-corrected chi connectivity index (χ1v) is 7.37. The van der Waals surface area contributed by atoms with Gasteiger partial charge in [-0.05, 0) is 45.7 Å². The largest absolute Gasteiger partial charge is 0.497 e. The van der Waals surface area contributed by atoms with E-state index in [2.05, 4.69) is 4.74 Å². The van der Waals surface area contributed by atoms with E-state index in [1.54, 1.807) is 12.1 Å². The summed E-state index contributed by atoms with van der Waals surface area (Å²) in [6, 6.07) is 4.74. The van der Waals surface area contributed by atoms with E-state index in [1.807, 2.05) is 27.7 Å². The molecule has 6 heteroatoms. The van der Waals surface area contributed by atoms with Gasteiger partial charge in [-0.2, -0.15) is 0 Å². The first-order valence-electron chi connectivity index (χ1n) is 7.37. The summed E-state index contributed by atoms with van der Waals surface area (Å²) in [7, 11) is 0.603. The molecule has 1 heterocycles. The van der Waals surface area contributed by atoms with Gasteiger partial charge in [-0.15, -0.1) is 0 Å². The van der Waals surface area contributed by atoms with Crippen LogP contribution in [0.25, 0.3) is 0 Å². The molecule has 0 aliphatic carbocycles. The molecule has 0 amide bonds. The predicted octanol–water partition coefficient (Wildman–Crippen LogP) is 2.23. The molecule has 0 spiro atoms. The Hall–Kier alpha value is -1.40. The van der Waals surface area contributed by atoms with E-state index in [1.165, 1.54) is 13.2 Å². The molecule has 1 fully saturated rings. The van der Waals surface area contributed by atoms with Gasteiger partial charge in [0, 0.05) is 11.9 Å². The normalized spacial score (nSPS) is 19.3. The van der Waals surface area contributed by atoms with Gasteiger partial charge in [-0.3, -0.25) is 4.79 Å². The zero-order valence-electron chi connectivity index (χ0n) is 13.7. The summed E-state index contributed by atoms with van der Waals surface area (Å²) < 4.78 is 30.5. The lowest BCUT2D eigenvalue weighted by Crippen LogP contribution is -2.41. The van der Waals surface area contributed by atoms with Crippen LogP contribution in [0.1, 0.15) is 39.7 Å². The third-order valence-electron chi connectivity index (χ3n) is 4.41. The van der Waals surface area contributed by atoms with Crippen molar-refractivity contribution < 1.29 is 23.2 Å². The molecule has 0 saturated carbocycles. The fourth-order valence-electron chi connectivity index (χ4n) is 2.25. The first kappa shape index (κ1) is 17.0. The van der Waals surface area contributed by atoms with Crippen molar-refractivity contribution in [3.8, 4) is 0 Å². The highest BCUT2D eigenvalue weighted by Crippen LogP contribution is 2.36. The number of hydrogen-bond acceptors (Lipinski definition) is 4. The summed E-state index contributed by atoms with van der Waals surface area (Å²) in [5.74, 6) is -0.665. The maximum atomic E-state index is 14.1. The number of carbonyl (C=O) groups excluding carboxylic acids is 1. The highest BCUT2D eigenvalue weighted by Gasteiger charge is 2.52. The van der Waals surface area contributed by atoms with Crippen molar-refractivity contribution in [1.29, 1.82) is 0 Å². The minimum Gasteiger partial charge on any atom is -0.469 e. The first-order chi connectivity index (χ1) is 10.2. The molecule has 0 N–H and O–H groups in total. The molecule has 1 aliphatic rings. The van der Waals surface area contributed by atoms with Crippen LogP contribution in [0.2, 0.25) is 0 Å². The third kappa shape index (κ3) is 3.33. The van der Waals surface area contributed by atoms with Crippen molar-refractivity contribution in [2.45, 2.75) is 51.7 Å². The summed E-state index contributed by atoms with van der Waals surface area (Å²) in [4.78, 5) is 11.2. The van der Waals surface area contributed by atoms with Gasteiger partial charge in [-0.25, -0.2) is 4.39 Å². The third-order valence-corrected chi connectivity index (χ3v) is 4.41. The van der Waals surface area contributed by atoms with Crippen LogP contribution in [0.4, 0.5) is 4.39 Å². The van der Waals surface area contributed by atoms with Gasteiger partial charge in [-0.1, -0.05) is 12.1 Å². The fraction of sp³-hybridized carbons (Fsp3) is 0.562. The molecule has 1 aromatic rings. The Bertz CT molecular complexity index is 555. The van der Waals surface area contributed by atoms with E-state index < -0.39 is 18.3 Å². The molecule has 2 rings (SSSR count). The second kappa shape index (κ2) is 6.01. The number of aryl methyl sites for hydroxylation is 1. The van der Waals surface area contributed by atoms with Crippen molar-refractivity contribution >= 4 is 18.6 Å². The predicted molar refractivity (Wildman–Crippen MR) is 82.5 cm³/mol. The van der Waals surface area contributed by atoms with Gasteiger partial charge in [0.2, 0.25) is 0 Å². The Morgan fingerprint density at radius 1 is 1.23 bits per heavy atom. The molecule has 0 unspecified atom stereocenters. The summed E-state index contributed by atoms with van der Waals surface area (Å²) in [6.45, 7) is 7.69. The Balaban J connectivity index is 2.19. The van der Waals surface area contributed by atoms with E-state index in [0.29, 0.717) is 11.9 Å². The van der Waals surface area contributed by atoms with Crippen LogP contribution in [0.5, 0.6) is 0 Å². The lowest BCUT2D eigenvalue weighted by molar-refractivity contribution is -0.140. The molecule has 0 radical (unpaired) electrons. The van der Waals surface area contributed by atoms with E-state index in [4.69, 9.17) is 9.31 Å². The van der Waals surface area contributed by atoms with Crippen molar-refractivity contribution in [2.24, 2.45) is 0 Å². The number of halogens is 1. The zero-order valence-corrected chi connectivity index (χ0v) is 13.7. The fourth-order valence-corrected chi connectivity index (χ4v) is 2.25. The van der Waals surface area contributed by atoms with Crippen molar-refractivity contribution in [3.05, 3.63) is 29.6 Å². The SMILES string of the molecule is COC(=O)CCc1ccc(F)c(B2OC(C)(C)C(C)(C)O2)c1. The molecule has 22 heavy (non-hydrogen) atoms. The number of esters is 1. The van der Waals surface area contributed by atoms with Crippen LogP contribution < -0.4 is 5.46 Å². The van der Waals surface area contributed by atoms with Crippen LogP contribution in [-0.4, -0.2) is 31.4 Å². The maximum Gasteiger partial charge on any atom is 0.497 e. The number of rotatable bonds is 4. The lowest BCUT2D eigenvalue weighted by Gasteiger charge is -2.32. The second-order valence-corrected chi connectivity index (χ2v) is 6.52. The van der Waals surface area contributed by atoms with Crippen LogP contribution in [0.15, 0.2) is 18.2 Å². The molecule has 0 atom stereocenters. The Morgan fingerprint density at radius 2 is 1.82 bits per heavy atom. The number of ether oxygens (including phenoxy) is 1. The second-order valence-electron chi connectivity index (χ2n) is 6.52. The van der Waals surface area contributed by atoms with E-state index in [9.17, 15) is 9.18 Å². The van der Waals surface area contributed by atoms with E-state index in [0.717, 1.165) is 5.56 Å². The Kier molecular flexibility index (Phi) is 4.63. The molecule has 0 aromatic heterocycles. The number of methoxy groups -OCH3 is 1. The zero-order chi connectivity index (χ0) is 16.5. The van der Waals surface area contributed by atoms with Gasteiger partial charge in [0.05, 0.1) is 18.3 Å². The average molecular weight is 308 g/mol. The van der Waals surface area contributed by atoms with Gasteiger partial charge in [0.1, 0.15) is 5.82 Å². The molecule has 120 valence electrons. The van der Waals surface area contributed by atoms with Crippen molar-refractivity contribution in [1.82, 2.24) is 0 Å². The standard InChI is InChI=1S/C16H22BFO4/c1-15(2)16(3,4)22-17(21-15)12-10-11(6-8-13(12)18)7-9-14(19)20-5/h6,8,10H,7,9H2,1-5H3. The maximum absolute atomic E-state index is 14.1.